The van der Waals surface area contributed by atoms with Gasteiger partial charge in [0.1, 0.15) is 24.4 Å². The third-order valence-corrected chi connectivity index (χ3v) is 8.11. The van der Waals surface area contributed by atoms with Crippen molar-refractivity contribution in [2.75, 3.05) is 6.61 Å². The Bertz CT molecular complexity index is 814. The van der Waals surface area contributed by atoms with Crippen LogP contribution < -0.4 is 0 Å². The second-order valence-electron chi connectivity index (χ2n) is 9.94. The van der Waals surface area contributed by atoms with Gasteiger partial charge in [-0.25, -0.2) is 0 Å². The minimum absolute atomic E-state index is 0.162. The Balaban J connectivity index is 1.96. The Hall–Kier alpha value is -2.02. The summed E-state index contributed by atoms with van der Waals surface area (Å²) in [6, 6.07) is 0. The molecule has 3 aliphatic carbocycles. The molecule has 1 saturated heterocycles. The van der Waals surface area contributed by atoms with Crippen LogP contribution in [0.2, 0.25) is 0 Å². The van der Waals surface area contributed by atoms with Crippen LogP contribution in [0.4, 0.5) is 0 Å². The summed E-state index contributed by atoms with van der Waals surface area (Å²) in [6.07, 6.45) is 0.715. The van der Waals surface area contributed by atoms with E-state index in [1.165, 1.54) is 6.92 Å². The van der Waals surface area contributed by atoms with Crippen LogP contribution >= 0.6 is 0 Å². The zero-order valence-corrected chi connectivity index (χ0v) is 17.1. The molecule has 7 heteroatoms. The number of carbonyl (C=O) groups is 4. The van der Waals surface area contributed by atoms with Gasteiger partial charge in [0.2, 0.25) is 0 Å². The average molecular weight is 404 g/mol. The molecule has 3 saturated carbocycles. The van der Waals surface area contributed by atoms with Crippen molar-refractivity contribution in [1.82, 2.24) is 0 Å². The fourth-order valence-corrected chi connectivity index (χ4v) is 6.97. The molecule has 1 unspecified atom stereocenters. The molecule has 0 amide bonds. The largest absolute Gasteiger partial charge is 0.464 e. The minimum atomic E-state index is -1.56. The molecule has 7 atom stereocenters. The Morgan fingerprint density at radius 1 is 1.34 bits per heavy atom. The van der Waals surface area contributed by atoms with E-state index in [1.807, 2.05) is 13.8 Å². The summed E-state index contributed by atoms with van der Waals surface area (Å²) in [4.78, 5) is 50.7. The molecule has 1 aliphatic heterocycles. The molecule has 2 spiro atoms. The lowest BCUT2D eigenvalue weighted by molar-refractivity contribution is -0.253. The lowest BCUT2D eigenvalue weighted by Gasteiger charge is -2.62. The fraction of sp³-hybridized carbons (Fsp3) is 0.727. The smallest absolute Gasteiger partial charge is 0.320 e. The van der Waals surface area contributed by atoms with E-state index in [1.54, 1.807) is 0 Å². The van der Waals surface area contributed by atoms with Crippen molar-refractivity contribution in [3.63, 3.8) is 0 Å². The second kappa shape index (κ2) is 6.24. The number of hydrogen-bond acceptors (Lipinski definition) is 7. The van der Waals surface area contributed by atoms with Gasteiger partial charge in [0.15, 0.2) is 5.78 Å². The summed E-state index contributed by atoms with van der Waals surface area (Å²) < 4.78 is 11.3. The highest BCUT2D eigenvalue weighted by Crippen LogP contribution is 2.68. The SMILES string of the molecule is C=C1C(=O)[C@]23C[C@H]1CC(O)[C@H]2[C@]1(COC3=O)[C@@H](OC(C)=O)CCC(C)(C)[C@H]1C=O. The number of aldehydes is 1. The van der Waals surface area contributed by atoms with E-state index >= 15 is 0 Å². The molecule has 2 bridgehead atoms. The molecule has 7 nitrogen and oxygen atoms in total. The quantitative estimate of drug-likeness (QED) is 0.322. The maximum absolute atomic E-state index is 13.3. The van der Waals surface area contributed by atoms with E-state index in [9.17, 15) is 24.3 Å². The van der Waals surface area contributed by atoms with Crippen molar-refractivity contribution in [3.05, 3.63) is 12.2 Å². The highest BCUT2D eigenvalue weighted by atomic mass is 16.6. The number of carbonyl (C=O) groups excluding carboxylic acids is 4. The van der Waals surface area contributed by atoms with Gasteiger partial charge < -0.3 is 19.4 Å². The maximum Gasteiger partial charge on any atom is 0.320 e. The Labute approximate surface area is 169 Å². The van der Waals surface area contributed by atoms with Crippen LogP contribution in [-0.2, 0) is 28.7 Å². The number of rotatable bonds is 2. The van der Waals surface area contributed by atoms with Gasteiger partial charge in [-0.1, -0.05) is 20.4 Å². The van der Waals surface area contributed by atoms with Gasteiger partial charge in [-0.15, -0.1) is 0 Å². The predicted octanol–water partition coefficient (Wildman–Crippen LogP) is 1.61. The predicted molar refractivity (Wildman–Crippen MR) is 100 cm³/mol. The van der Waals surface area contributed by atoms with Gasteiger partial charge in [-0.2, -0.15) is 0 Å². The first-order chi connectivity index (χ1) is 13.5. The highest BCUT2D eigenvalue weighted by Gasteiger charge is 2.76. The summed E-state index contributed by atoms with van der Waals surface area (Å²) in [5.41, 5.74) is -2.86. The molecule has 1 N–H and O–H groups in total. The molecule has 0 aromatic rings. The zero-order valence-electron chi connectivity index (χ0n) is 17.1. The molecule has 29 heavy (non-hydrogen) atoms. The Morgan fingerprint density at radius 3 is 2.66 bits per heavy atom. The average Bonchev–Trinajstić information content (AvgIpc) is 2.83. The molecule has 0 aromatic heterocycles. The van der Waals surface area contributed by atoms with E-state index < -0.39 is 58.0 Å². The summed E-state index contributed by atoms with van der Waals surface area (Å²) in [7, 11) is 0. The molecule has 1 heterocycles. The number of Topliss-reactive ketones (excluding diaryl/α,β-unsaturated/α-hetero) is 1. The summed E-state index contributed by atoms with van der Waals surface area (Å²) in [5.74, 6) is -3.36. The van der Waals surface area contributed by atoms with Gasteiger partial charge in [0, 0.05) is 18.8 Å². The van der Waals surface area contributed by atoms with Gasteiger partial charge in [-0.3, -0.25) is 14.4 Å². The van der Waals surface area contributed by atoms with Crippen LogP contribution in [0.25, 0.3) is 0 Å². The van der Waals surface area contributed by atoms with Gasteiger partial charge in [-0.05, 0) is 42.6 Å². The number of aliphatic hydroxyl groups excluding tert-OH is 1. The first-order valence-corrected chi connectivity index (χ1v) is 10.2. The van der Waals surface area contributed by atoms with Crippen LogP contribution in [0.1, 0.15) is 46.5 Å². The molecule has 4 rings (SSSR count). The monoisotopic (exact) mass is 404 g/mol. The first kappa shape index (κ1) is 20.3. The van der Waals surface area contributed by atoms with Gasteiger partial charge >= 0.3 is 11.9 Å². The molecule has 0 radical (unpaired) electrons. The number of cyclic esters (lactones) is 1. The summed E-state index contributed by atoms with van der Waals surface area (Å²) in [5, 5.41) is 11.2. The van der Waals surface area contributed by atoms with Crippen LogP contribution in [0.15, 0.2) is 12.2 Å². The van der Waals surface area contributed by atoms with E-state index in [4.69, 9.17) is 9.47 Å². The van der Waals surface area contributed by atoms with Crippen molar-refractivity contribution < 1.29 is 33.8 Å². The van der Waals surface area contributed by atoms with E-state index in [-0.39, 0.29) is 18.9 Å². The summed E-state index contributed by atoms with van der Waals surface area (Å²) >= 11 is 0. The van der Waals surface area contributed by atoms with Crippen LogP contribution in [0.5, 0.6) is 0 Å². The van der Waals surface area contributed by atoms with Crippen LogP contribution in [0.3, 0.4) is 0 Å². The van der Waals surface area contributed by atoms with Crippen molar-refractivity contribution in [3.8, 4) is 0 Å². The number of ether oxygens (including phenoxy) is 2. The molecule has 4 fully saturated rings. The second-order valence-corrected chi connectivity index (χ2v) is 9.94. The first-order valence-electron chi connectivity index (χ1n) is 10.2. The Morgan fingerprint density at radius 2 is 2.03 bits per heavy atom. The van der Waals surface area contributed by atoms with Crippen LogP contribution in [-0.4, -0.2) is 47.9 Å². The third kappa shape index (κ3) is 2.39. The van der Waals surface area contributed by atoms with E-state index in [0.29, 0.717) is 24.8 Å². The third-order valence-electron chi connectivity index (χ3n) is 8.11. The van der Waals surface area contributed by atoms with Crippen molar-refractivity contribution >= 4 is 24.0 Å². The zero-order chi connectivity index (χ0) is 21.4. The van der Waals surface area contributed by atoms with E-state index in [0.717, 1.165) is 6.29 Å². The van der Waals surface area contributed by atoms with Gasteiger partial charge in [0.25, 0.3) is 0 Å². The number of ketones is 1. The number of aliphatic hydroxyl groups is 1. The molecular weight excluding hydrogens is 376 g/mol. The topological polar surface area (TPSA) is 107 Å². The highest BCUT2D eigenvalue weighted by molar-refractivity contribution is 6.15. The lowest BCUT2D eigenvalue weighted by atomic mass is 9.43. The van der Waals surface area contributed by atoms with Gasteiger partial charge in [0.05, 0.1) is 11.5 Å². The summed E-state index contributed by atoms with van der Waals surface area (Å²) in [6.45, 7) is 8.92. The number of fused-ring (bicyclic) bond motifs is 2. The number of allylic oxidation sites excluding steroid dienone is 1. The molecule has 0 aromatic carbocycles. The standard InChI is InChI=1S/C22H28O7/c1-11-13-7-14(25)17-21(8-13,18(11)26)19(27)28-10-22(17)15(9-23)20(3,4)6-5-16(22)29-12(2)24/h9,13-17,25H,1,5-8,10H2,2-4H3/t13-,14?,15-,16+,17-,21+,22+/m1/s1. The number of esters is 2. The van der Waals surface area contributed by atoms with Crippen LogP contribution in [0, 0.1) is 34.0 Å². The fourth-order valence-electron chi connectivity index (χ4n) is 6.97. The number of hydrogen-bond donors (Lipinski definition) is 1. The van der Waals surface area contributed by atoms with E-state index in [2.05, 4.69) is 6.58 Å². The molecule has 4 aliphatic rings. The molecular formula is C22H28O7. The van der Waals surface area contributed by atoms with Crippen molar-refractivity contribution in [2.45, 2.75) is 58.7 Å². The van der Waals surface area contributed by atoms with Crippen molar-refractivity contribution in [1.29, 1.82) is 0 Å². The maximum atomic E-state index is 13.3. The Kier molecular flexibility index (Phi) is 4.36. The normalized spacial score (nSPS) is 45.5. The molecule has 158 valence electrons. The minimum Gasteiger partial charge on any atom is -0.464 e. The van der Waals surface area contributed by atoms with Crippen molar-refractivity contribution in [2.24, 2.45) is 34.0 Å². The lowest BCUT2D eigenvalue weighted by Crippen LogP contribution is -2.71.